The van der Waals surface area contributed by atoms with Crippen LogP contribution < -0.4 is 4.90 Å². The molecule has 1 aliphatic heterocycles. The van der Waals surface area contributed by atoms with Crippen molar-refractivity contribution in [3.8, 4) is 11.3 Å². The zero-order valence-electron chi connectivity index (χ0n) is 18.6. The van der Waals surface area contributed by atoms with Gasteiger partial charge in [0.1, 0.15) is 30.9 Å². The highest BCUT2D eigenvalue weighted by molar-refractivity contribution is 6.76. The maximum atomic E-state index is 12.1. The lowest BCUT2D eigenvalue weighted by Gasteiger charge is -2.15. The first kappa shape index (κ1) is 20.8. The van der Waals surface area contributed by atoms with E-state index in [4.69, 9.17) is 19.0 Å². The Labute approximate surface area is 187 Å². The third kappa shape index (κ3) is 3.91. The van der Waals surface area contributed by atoms with Crippen molar-refractivity contribution in [3.63, 3.8) is 0 Å². The van der Waals surface area contributed by atoms with Gasteiger partial charge >= 0.3 is 6.09 Å². The topological polar surface area (TPSA) is 69.7 Å². The molecule has 2 aromatic heterocycles. The zero-order valence-corrected chi connectivity index (χ0v) is 19.6. The van der Waals surface area contributed by atoms with E-state index in [-0.39, 0.29) is 6.09 Å². The predicted octanol–water partition coefficient (Wildman–Crippen LogP) is 5.72. The summed E-state index contributed by atoms with van der Waals surface area (Å²) in [5.74, 6) is 0. The summed E-state index contributed by atoms with van der Waals surface area (Å²) in [6.45, 7) is 9.06. The van der Waals surface area contributed by atoms with Gasteiger partial charge in [0.25, 0.3) is 0 Å². The number of benzene rings is 2. The van der Waals surface area contributed by atoms with E-state index in [1.807, 2.05) is 47.1 Å². The second-order valence-electron chi connectivity index (χ2n) is 9.31. The van der Waals surface area contributed by atoms with Gasteiger partial charge in [0.2, 0.25) is 0 Å². The number of ether oxygens (including phenoxy) is 2. The number of furan rings is 1. The van der Waals surface area contributed by atoms with E-state index in [0.29, 0.717) is 19.9 Å². The van der Waals surface area contributed by atoms with Crippen LogP contribution in [0.15, 0.2) is 53.1 Å². The van der Waals surface area contributed by atoms with E-state index in [1.54, 1.807) is 11.2 Å². The fourth-order valence-corrected chi connectivity index (χ4v) is 4.71. The van der Waals surface area contributed by atoms with E-state index in [0.717, 1.165) is 51.5 Å². The van der Waals surface area contributed by atoms with Crippen LogP contribution in [-0.4, -0.2) is 43.7 Å². The molecule has 3 heterocycles. The van der Waals surface area contributed by atoms with Crippen molar-refractivity contribution in [1.29, 1.82) is 0 Å². The molecule has 0 atom stereocenters. The number of rotatable bonds is 7. The van der Waals surface area contributed by atoms with Crippen LogP contribution in [-0.2, 0) is 16.2 Å². The lowest BCUT2D eigenvalue weighted by Crippen LogP contribution is -2.23. The molecule has 7 nitrogen and oxygen atoms in total. The minimum atomic E-state index is -1.16. The van der Waals surface area contributed by atoms with Gasteiger partial charge in [0.15, 0.2) is 0 Å². The van der Waals surface area contributed by atoms with Gasteiger partial charge in [-0.3, -0.25) is 4.90 Å². The molecule has 0 N–H and O–H groups in total. The van der Waals surface area contributed by atoms with Gasteiger partial charge in [-0.15, -0.1) is 0 Å². The summed E-state index contributed by atoms with van der Waals surface area (Å²) in [6, 6.07) is 15.0. The Morgan fingerprint density at radius 2 is 1.97 bits per heavy atom. The molecule has 1 aliphatic rings. The van der Waals surface area contributed by atoms with Gasteiger partial charge < -0.3 is 13.9 Å². The molecule has 0 unspecified atom stereocenters. The van der Waals surface area contributed by atoms with Crippen molar-refractivity contribution in [2.75, 3.05) is 24.7 Å². The van der Waals surface area contributed by atoms with E-state index in [2.05, 4.69) is 19.6 Å². The van der Waals surface area contributed by atoms with Crippen LogP contribution in [0.3, 0.4) is 0 Å². The normalized spacial score (nSPS) is 14.6. The van der Waals surface area contributed by atoms with Gasteiger partial charge in [-0.1, -0.05) is 37.8 Å². The van der Waals surface area contributed by atoms with E-state index >= 15 is 0 Å². The zero-order chi connectivity index (χ0) is 22.3. The van der Waals surface area contributed by atoms with Crippen molar-refractivity contribution in [1.82, 2.24) is 9.78 Å². The molecule has 8 heteroatoms. The first-order valence-corrected chi connectivity index (χ1v) is 14.6. The molecule has 1 amide bonds. The van der Waals surface area contributed by atoms with Crippen LogP contribution in [0.1, 0.15) is 0 Å². The first-order valence-electron chi connectivity index (χ1n) is 10.9. The van der Waals surface area contributed by atoms with Crippen LogP contribution >= 0.6 is 0 Å². The van der Waals surface area contributed by atoms with Crippen molar-refractivity contribution >= 4 is 41.7 Å². The Morgan fingerprint density at radius 3 is 2.75 bits per heavy atom. The minimum absolute atomic E-state index is 0.318. The quantitative estimate of drug-likeness (QED) is 0.267. The molecule has 0 saturated carbocycles. The molecular weight excluding hydrogens is 422 g/mol. The van der Waals surface area contributed by atoms with Gasteiger partial charge in [-0.2, -0.15) is 5.10 Å². The summed E-state index contributed by atoms with van der Waals surface area (Å²) in [7, 11) is -1.16. The highest BCUT2D eigenvalue weighted by atomic mass is 28.3. The van der Waals surface area contributed by atoms with Crippen LogP contribution in [0, 0.1) is 0 Å². The first-order chi connectivity index (χ1) is 15.4. The fourth-order valence-electron chi connectivity index (χ4n) is 3.95. The van der Waals surface area contributed by atoms with Crippen molar-refractivity contribution < 1.29 is 18.7 Å². The number of carbonyl (C=O) groups is 1. The summed E-state index contributed by atoms with van der Waals surface area (Å²) >= 11 is 0. The molecule has 166 valence electrons. The highest BCUT2D eigenvalue weighted by Gasteiger charge is 2.25. The summed E-state index contributed by atoms with van der Waals surface area (Å²) < 4.78 is 18.8. The Kier molecular flexibility index (Phi) is 5.26. The van der Waals surface area contributed by atoms with Crippen LogP contribution in [0.5, 0.6) is 0 Å². The van der Waals surface area contributed by atoms with Crippen LogP contribution in [0.4, 0.5) is 10.5 Å². The molecule has 5 rings (SSSR count). The molecule has 0 aliphatic carbocycles. The Bertz CT molecular complexity index is 1290. The van der Waals surface area contributed by atoms with E-state index in [9.17, 15) is 4.79 Å². The number of nitrogens with zero attached hydrogens (tertiary/aromatic N) is 3. The smallest absolute Gasteiger partial charge is 0.414 e. The van der Waals surface area contributed by atoms with E-state index < -0.39 is 8.07 Å². The summed E-state index contributed by atoms with van der Waals surface area (Å²) in [5, 5.41) is 6.86. The maximum absolute atomic E-state index is 12.1. The fraction of sp³-hybridized carbons (Fsp3) is 0.333. The largest absolute Gasteiger partial charge is 0.464 e. The second-order valence-corrected chi connectivity index (χ2v) is 14.9. The number of aromatic nitrogens is 2. The Balaban J connectivity index is 1.56. The summed E-state index contributed by atoms with van der Waals surface area (Å²) in [6.07, 6.45) is 1.43. The maximum Gasteiger partial charge on any atom is 0.414 e. The summed E-state index contributed by atoms with van der Waals surface area (Å²) in [4.78, 5) is 13.8. The van der Waals surface area contributed by atoms with Crippen molar-refractivity contribution in [2.45, 2.75) is 32.4 Å². The molecule has 1 saturated heterocycles. The molecule has 0 bridgehead atoms. The van der Waals surface area contributed by atoms with Crippen LogP contribution in [0.25, 0.3) is 33.1 Å². The van der Waals surface area contributed by atoms with Gasteiger partial charge in [0.05, 0.1) is 12.1 Å². The SMILES string of the molecule is C[Si](C)(C)CCOCn1nc(-c2coc3ccccc23)c2cc(N3CCOC3=O)ccc21. The molecule has 2 aromatic carbocycles. The average molecular weight is 450 g/mol. The second kappa shape index (κ2) is 8.11. The third-order valence-corrected chi connectivity index (χ3v) is 7.46. The van der Waals surface area contributed by atoms with Crippen LogP contribution in [0.2, 0.25) is 25.7 Å². The standard InChI is InChI=1S/C24H27N3O4Si/c1-32(2,3)13-12-29-16-27-21-9-8-17(26-10-11-30-24(26)28)14-19(21)23(25-27)20-15-31-22-7-5-4-6-18(20)22/h4-9,14-15H,10-13,16H2,1-3H3. The Morgan fingerprint density at radius 1 is 1.12 bits per heavy atom. The Hall–Kier alpha value is -3.10. The number of amides is 1. The molecular formula is C24H27N3O4Si. The monoisotopic (exact) mass is 449 g/mol. The lowest BCUT2D eigenvalue weighted by atomic mass is 10.1. The number of para-hydroxylation sites is 1. The number of fused-ring (bicyclic) bond motifs is 2. The number of hydrogen-bond acceptors (Lipinski definition) is 5. The average Bonchev–Trinajstić information content (AvgIpc) is 3.47. The number of hydrogen-bond donors (Lipinski definition) is 0. The van der Waals surface area contributed by atoms with E-state index in [1.165, 1.54) is 0 Å². The third-order valence-electron chi connectivity index (χ3n) is 5.75. The summed E-state index contributed by atoms with van der Waals surface area (Å²) in [5.41, 5.74) is 4.31. The molecule has 0 spiro atoms. The molecule has 4 aromatic rings. The number of carbonyl (C=O) groups excluding carboxylic acids is 1. The molecule has 0 radical (unpaired) electrons. The van der Waals surface area contributed by atoms with Crippen molar-refractivity contribution in [2.24, 2.45) is 0 Å². The van der Waals surface area contributed by atoms with Gasteiger partial charge in [-0.25, -0.2) is 9.48 Å². The molecule has 1 fully saturated rings. The number of anilines is 1. The lowest BCUT2D eigenvalue weighted by molar-refractivity contribution is 0.0818. The number of cyclic esters (lactones) is 1. The molecule has 32 heavy (non-hydrogen) atoms. The highest BCUT2D eigenvalue weighted by Crippen LogP contribution is 2.36. The minimum Gasteiger partial charge on any atom is -0.464 e. The van der Waals surface area contributed by atoms with Gasteiger partial charge in [-0.05, 0) is 30.3 Å². The van der Waals surface area contributed by atoms with Crippen molar-refractivity contribution in [3.05, 3.63) is 48.7 Å². The van der Waals surface area contributed by atoms with Gasteiger partial charge in [0, 0.05) is 36.7 Å². The predicted molar refractivity (Wildman–Crippen MR) is 128 cm³/mol.